The van der Waals surface area contributed by atoms with Crippen LogP contribution in [0, 0.1) is 25.2 Å². The first kappa shape index (κ1) is 11.2. The maximum Gasteiger partial charge on any atom is 0.0991 e. The fraction of sp³-hybridized carbons (Fsp3) is 0.500. The van der Waals surface area contributed by atoms with Crippen molar-refractivity contribution in [2.24, 2.45) is 5.73 Å². The number of benzene rings is 1. The van der Waals surface area contributed by atoms with E-state index in [2.05, 4.69) is 19.9 Å². The molecule has 1 fully saturated rings. The van der Waals surface area contributed by atoms with Gasteiger partial charge in [0.05, 0.1) is 11.6 Å². The molecular formula is C14H18N2. The van der Waals surface area contributed by atoms with Gasteiger partial charge in [-0.1, -0.05) is 12.8 Å². The van der Waals surface area contributed by atoms with Crippen molar-refractivity contribution in [3.63, 3.8) is 0 Å². The van der Waals surface area contributed by atoms with Gasteiger partial charge in [-0.15, -0.1) is 0 Å². The van der Waals surface area contributed by atoms with E-state index in [9.17, 15) is 0 Å². The summed E-state index contributed by atoms with van der Waals surface area (Å²) >= 11 is 0. The smallest absolute Gasteiger partial charge is 0.0991 e. The molecule has 2 heteroatoms. The van der Waals surface area contributed by atoms with Crippen LogP contribution in [0.3, 0.4) is 0 Å². The predicted molar refractivity (Wildman–Crippen MR) is 65.0 cm³/mol. The lowest BCUT2D eigenvalue weighted by Crippen LogP contribution is -2.34. The summed E-state index contributed by atoms with van der Waals surface area (Å²) in [4.78, 5) is 0. The molecular weight excluding hydrogens is 196 g/mol. The van der Waals surface area contributed by atoms with Gasteiger partial charge >= 0.3 is 0 Å². The van der Waals surface area contributed by atoms with Gasteiger partial charge in [-0.25, -0.2) is 0 Å². The maximum atomic E-state index is 9.01. The fourth-order valence-corrected chi connectivity index (χ4v) is 2.72. The summed E-state index contributed by atoms with van der Waals surface area (Å²) in [6.45, 7) is 4.16. The van der Waals surface area contributed by atoms with Crippen LogP contribution in [0.25, 0.3) is 0 Å². The van der Waals surface area contributed by atoms with Gasteiger partial charge in [0.1, 0.15) is 0 Å². The second-order valence-corrected chi connectivity index (χ2v) is 4.94. The summed E-state index contributed by atoms with van der Waals surface area (Å²) in [6.07, 6.45) is 4.49. The van der Waals surface area contributed by atoms with Crippen molar-refractivity contribution in [1.82, 2.24) is 0 Å². The second kappa shape index (κ2) is 3.92. The molecule has 1 saturated carbocycles. The van der Waals surface area contributed by atoms with Crippen molar-refractivity contribution in [3.8, 4) is 6.07 Å². The first-order valence-electron chi connectivity index (χ1n) is 5.87. The molecule has 1 aliphatic carbocycles. The average Bonchev–Trinajstić information content (AvgIpc) is 2.70. The maximum absolute atomic E-state index is 9.01. The monoisotopic (exact) mass is 214 g/mol. The molecule has 0 amide bonds. The highest BCUT2D eigenvalue weighted by Crippen LogP contribution is 2.38. The Morgan fingerprint density at radius 3 is 2.44 bits per heavy atom. The molecule has 0 heterocycles. The summed E-state index contributed by atoms with van der Waals surface area (Å²) in [5.74, 6) is 0. The fourth-order valence-electron chi connectivity index (χ4n) is 2.72. The van der Waals surface area contributed by atoms with Crippen LogP contribution < -0.4 is 5.73 Å². The highest BCUT2D eigenvalue weighted by molar-refractivity contribution is 5.46. The van der Waals surface area contributed by atoms with E-state index in [1.165, 1.54) is 29.5 Å². The topological polar surface area (TPSA) is 49.8 Å². The van der Waals surface area contributed by atoms with Gasteiger partial charge in [0.25, 0.3) is 0 Å². The molecule has 0 saturated heterocycles. The van der Waals surface area contributed by atoms with Crippen molar-refractivity contribution in [3.05, 3.63) is 34.4 Å². The molecule has 1 aromatic carbocycles. The Hall–Kier alpha value is -1.33. The third-order valence-electron chi connectivity index (χ3n) is 3.83. The van der Waals surface area contributed by atoms with Gasteiger partial charge < -0.3 is 5.73 Å². The van der Waals surface area contributed by atoms with Gasteiger partial charge in [-0.2, -0.15) is 5.26 Å². The van der Waals surface area contributed by atoms with Crippen LogP contribution in [0.2, 0.25) is 0 Å². The molecule has 0 aromatic heterocycles. The number of hydrogen-bond donors (Lipinski definition) is 1. The minimum Gasteiger partial charge on any atom is -0.321 e. The molecule has 2 rings (SSSR count). The van der Waals surface area contributed by atoms with Crippen LogP contribution in [-0.4, -0.2) is 0 Å². The summed E-state index contributed by atoms with van der Waals surface area (Å²) in [5.41, 5.74) is 10.6. The lowest BCUT2D eigenvalue weighted by molar-refractivity contribution is 0.458. The van der Waals surface area contributed by atoms with Crippen molar-refractivity contribution in [2.45, 2.75) is 45.1 Å². The Bertz CT molecular complexity index is 449. The standard InChI is InChI=1S/C14H18N2/c1-10-7-12(9-15)8-13(11(10)2)14(16)5-3-4-6-14/h7-8H,3-6,16H2,1-2H3. The van der Waals surface area contributed by atoms with Gasteiger partial charge in [-0.3, -0.25) is 0 Å². The van der Waals surface area contributed by atoms with Crippen molar-refractivity contribution < 1.29 is 0 Å². The molecule has 2 nitrogen and oxygen atoms in total. The van der Waals surface area contributed by atoms with Crippen LogP contribution >= 0.6 is 0 Å². The van der Waals surface area contributed by atoms with Crippen LogP contribution in [0.15, 0.2) is 12.1 Å². The molecule has 84 valence electrons. The lowest BCUT2D eigenvalue weighted by Gasteiger charge is -2.27. The van der Waals surface area contributed by atoms with E-state index < -0.39 is 0 Å². The molecule has 16 heavy (non-hydrogen) atoms. The molecule has 0 atom stereocenters. The van der Waals surface area contributed by atoms with E-state index in [0.29, 0.717) is 0 Å². The second-order valence-electron chi connectivity index (χ2n) is 4.94. The molecule has 0 spiro atoms. The Balaban J connectivity index is 2.55. The van der Waals surface area contributed by atoms with Crippen LogP contribution in [0.4, 0.5) is 0 Å². The summed E-state index contributed by atoms with van der Waals surface area (Å²) in [7, 11) is 0. The normalized spacial score (nSPS) is 18.4. The van der Waals surface area contributed by atoms with E-state index in [4.69, 9.17) is 11.0 Å². The number of nitrogens with two attached hydrogens (primary N) is 1. The number of rotatable bonds is 1. The Labute approximate surface area is 97.1 Å². The average molecular weight is 214 g/mol. The summed E-state index contributed by atoms with van der Waals surface area (Å²) in [6, 6.07) is 6.14. The molecule has 0 radical (unpaired) electrons. The Kier molecular flexibility index (Phi) is 2.73. The number of hydrogen-bond acceptors (Lipinski definition) is 2. The third kappa shape index (κ3) is 1.72. The summed E-state index contributed by atoms with van der Waals surface area (Å²) < 4.78 is 0. The minimum atomic E-state index is -0.193. The SMILES string of the molecule is Cc1cc(C#N)cc(C2(N)CCCC2)c1C. The number of nitriles is 1. The minimum absolute atomic E-state index is 0.193. The largest absolute Gasteiger partial charge is 0.321 e. The Morgan fingerprint density at radius 2 is 1.88 bits per heavy atom. The van der Waals surface area contributed by atoms with E-state index in [-0.39, 0.29) is 5.54 Å². The quantitative estimate of drug-likeness (QED) is 0.781. The van der Waals surface area contributed by atoms with Gasteiger partial charge in [-0.05, 0) is 55.5 Å². The molecule has 0 unspecified atom stereocenters. The molecule has 0 aliphatic heterocycles. The van der Waals surface area contributed by atoms with Crippen LogP contribution in [0.1, 0.15) is 47.9 Å². The summed E-state index contributed by atoms with van der Waals surface area (Å²) in [5, 5.41) is 9.01. The Morgan fingerprint density at radius 1 is 1.25 bits per heavy atom. The van der Waals surface area contributed by atoms with Crippen LogP contribution in [0.5, 0.6) is 0 Å². The van der Waals surface area contributed by atoms with Crippen molar-refractivity contribution in [1.29, 1.82) is 5.26 Å². The first-order valence-corrected chi connectivity index (χ1v) is 5.87. The zero-order valence-corrected chi connectivity index (χ0v) is 10.0. The molecule has 1 aliphatic rings. The molecule has 1 aromatic rings. The van der Waals surface area contributed by atoms with E-state index >= 15 is 0 Å². The lowest BCUT2D eigenvalue weighted by atomic mass is 9.83. The van der Waals surface area contributed by atoms with E-state index in [1.54, 1.807) is 0 Å². The van der Waals surface area contributed by atoms with E-state index in [0.717, 1.165) is 18.4 Å². The zero-order chi connectivity index (χ0) is 11.8. The zero-order valence-electron chi connectivity index (χ0n) is 10.0. The molecule has 0 bridgehead atoms. The van der Waals surface area contributed by atoms with Crippen molar-refractivity contribution >= 4 is 0 Å². The third-order valence-corrected chi connectivity index (χ3v) is 3.83. The van der Waals surface area contributed by atoms with Gasteiger partial charge in [0, 0.05) is 5.54 Å². The van der Waals surface area contributed by atoms with Gasteiger partial charge in [0.2, 0.25) is 0 Å². The van der Waals surface area contributed by atoms with Gasteiger partial charge in [0.15, 0.2) is 0 Å². The molecule has 2 N–H and O–H groups in total. The van der Waals surface area contributed by atoms with Crippen molar-refractivity contribution in [2.75, 3.05) is 0 Å². The van der Waals surface area contributed by atoms with Crippen LogP contribution in [-0.2, 0) is 5.54 Å². The number of aryl methyl sites for hydroxylation is 1. The predicted octanol–water partition coefficient (Wildman–Crippen LogP) is 2.90. The highest BCUT2D eigenvalue weighted by atomic mass is 14.8. The number of nitrogens with zero attached hydrogens (tertiary/aromatic N) is 1. The van der Waals surface area contributed by atoms with E-state index in [1.807, 2.05) is 12.1 Å². The first-order chi connectivity index (χ1) is 7.57. The highest BCUT2D eigenvalue weighted by Gasteiger charge is 2.32.